The van der Waals surface area contributed by atoms with Crippen molar-refractivity contribution >= 4 is 10.8 Å². The molecular formula is C33H39F. The highest BCUT2D eigenvalue weighted by molar-refractivity contribution is 5.84. The van der Waals surface area contributed by atoms with E-state index in [0.29, 0.717) is 5.92 Å². The van der Waals surface area contributed by atoms with Gasteiger partial charge in [-0.1, -0.05) is 86.2 Å². The summed E-state index contributed by atoms with van der Waals surface area (Å²) in [5.41, 5.74) is 4.81. The topological polar surface area (TPSA) is 0 Å². The second kappa shape index (κ2) is 12.2. The van der Waals surface area contributed by atoms with E-state index in [2.05, 4.69) is 62.1 Å². The molecule has 0 aromatic heterocycles. The predicted molar refractivity (Wildman–Crippen MR) is 145 cm³/mol. The van der Waals surface area contributed by atoms with Crippen molar-refractivity contribution in [3.05, 3.63) is 107 Å². The van der Waals surface area contributed by atoms with Gasteiger partial charge in [0.1, 0.15) is 5.82 Å². The van der Waals surface area contributed by atoms with Gasteiger partial charge in [0.15, 0.2) is 0 Å². The van der Waals surface area contributed by atoms with Gasteiger partial charge in [0.25, 0.3) is 0 Å². The summed E-state index contributed by atoms with van der Waals surface area (Å²) in [6.07, 6.45) is 17.9. The molecular weight excluding hydrogens is 415 g/mol. The highest BCUT2D eigenvalue weighted by atomic mass is 19.1. The third kappa shape index (κ3) is 6.26. The zero-order chi connectivity index (χ0) is 23.8. The van der Waals surface area contributed by atoms with Gasteiger partial charge in [-0.25, -0.2) is 4.39 Å². The van der Waals surface area contributed by atoms with Crippen molar-refractivity contribution in [2.75, 3.05) is 0 Å². The molecule has 0 spiro atoms. The fourth-order valence-corrected chi connectivity index (χ4v) is 5.34. The SMILES string of the molecule is C=CCCc1ccc2c(F)c(CCc3ccc(C4CCC(/C=C/CCC)CC4)cc3)ccc2c1. The predicted octanol–water partition coefficient (Wildman–Crippen LogP) is 9.51. The van der Waals surface area contributed by atoms with Crippen molar-refractivity contribution in [3.63, 3.8) is 0 Å². The van der Waals surface area contributed by atoms with Crippen LogP contribution in [-0.4, -0.2) is 0 Å². The summed E-state index contributed by atoms with van der Waals surface area (Å²) in [7, 11) is 0. The number of benzene rings is 3. The highest BCUT2D eigenvalue weighted by Gasteiger charge is 2.20. The Bertz CT molecular complexity index is 1100. The molecule has 4 rings (SSSR count). The molecule has 0 bridgehead atoms. The molecule has 1 heteroatoms. The van der Waals surface area contributed by atoms with Gasteiger partial charge in [-0.05, 0) is 97.3 Å². The second-order valence-corrected chi connectivity index (χ2v) is 9.99. The molecule has 0 aliphatic heterocycles. The Labute approximate surface area is 205 Å². The Morgan fingerprint density at radius 2 is 1.62 bits per heavy atom. The van der Waals surface area contributed by atoms with E-state index in [1.165, 1.54) is 55.2 Å². The molecule has 178 valence electrons. The van der Waals surface area contributed by atoms with Crippen LogP contribution in [0.4, 0.5) is 4.39 Å². The van der Waals surface area contributed by atoms with Crippen LogP contribution in [0, 0.1) is 11.7 Å². The van der Waals surface area contributed by atoms with Crippen molar-refractivity contribution in [2.24, 2.45) is 5.92 Å². The summed E-state index contributed by atoms with van der Waals surface area (Å²) in [6.45, 7) is 6.03. The average molecular weight is 455 g/mol. The quantitative estimate of drug-likeness (QED) is 0.268. The van der Waals surface area contributed by atoms with Crippen molar-refractivity contribution in [2.45, 2.75) is 77.0 Å². The number of hydrogen-bond donors (Lipinski definition) is 0. The molecule has 1 saturated carbocycles. The van der Waals surface area contributed by atoms with Gasteiger partial charge in [0.05, 0.1) is 0 Å². The smallest absolute Gasteiger partial charge is 0.134 e. The first-order valence-electron chi connectivity index (χ1n) is 13.2. The van der Waals surface area contributed by atoms with Gasteiger partial charge < -0.3 is 0 Å². The lowest BCUT2D eigenvalue weighted by Gasteiger charge is -2.27. The van der Waals surface area contributed by atoms with Crippen LogP contribution in [0.25, 0.3) is 10.8 Å². The molecule has 3 aromatic carbocycles. The van der Waals surface area contributed by atoms with Crippen molar-refractivity contribution < 1.29 is 4.39 Å². The van der Waals surface area contributed by atoms with Crippen LogP contribution in [0.15, 0.2) is 79.4 Å². The van der Waals surface area contributed by atoms with Crippen LogP contribution < -0.4 is 0 Å². The van der Waals surface area contributed by atoms with Crippen molar-refractivity contribution in [3.8, 4) is 0 Å². The number of rotatable bonds is 10. The summed E-state index contributed by atoms with van der Waals surface area (Å²) >= 11 is 0. The van der Waals surface area contributed by atoms with Crippen molar-refractivity contribution in [1.82, 2.24) is 0 Å². The molecule has 0 N–H and O–H groups in total. The van der Waals surface area contributed by atoms with Crippen LogP contribution in [0.5, 0.6) is 0 Å². The molecule has 0 atom stereocenters. The van der Waals surface area contributed by atoms with Crippen molar-refractivity contribution in [1.29, 1.82) is 0 Å². The lowest BCUT2D eigenvalue weighted by atomic mass is 9.78. The minimum Gasteiger partial charge on any atom is -0.206 e. The summed E-state index contributed by atoms with van der Waals surface area (Å²) in [5.74, 6) is 1.41. The largest absolute Gasteiger partial charge is 0.206 e. The maximum Gasteiger partial charge on any atom is 0.134 e. The number of halogens is 1. The normalized spacial score (nSPS) is 18.5. The number of fused-ring (bicyclic) bond motifs is 1. The zero-order valence-corrected chi connectivity index (χ0v) is 20.7. The van der Waals surface area contributed by atoms with Gasteiger partial charge in [0.2, 0.25) is 0 Å². The monoisotopic (exact) mass is 454 g/mol. The molecule has 0 amide bonds. The van der Waals surface area contributed by atoms with Gasteiger partial charge in [-0.3, -0.25) is 0 Å². The summed E-state index contributed by atoms with van der Waals surface area (Å²) in [4.78, 5) is 0. The number of unbranched alkanes of at least 4 members (excludes halogenated alkanes) is 1. The first kappa shape index (κ1) is 24.5. The first-order valence-corrected chi connectivity index (χ1v) is 13.2. The van der Waals surface area contributed by atoms with E-state index in [4.69, 9.17) is 0 Å². The minimum atomic E-state index is -0.0610. The van der Waals surface area contributed by atoms with E-state index in [0.717, 1.165) is 47.9 Å². The molecule has 1 aliphatic carbocycles. The summed E-state index contributed by atoms with van der Waals surface area (Å²) < 4.78 is 15.2. The lowest BCUT2D eigenvalue weighted by Crippen LogP contribution is -2.11. The Morgan fingerprint density at radius 3 is 2.35 bits per heavy atom. The van der Waals surface area contributed by atoms with Crippen LogP contribution in [0.1, 0.15) is 80.0 Å². The van der Waals surface area contributed by atoms with E-state index >= 15 is 4.39 Å². The van der Waals surface area contributed by atoms with Crippen LogP contribution in [0.3, 0.4) is 0 Å². The lowest BCUT2D eigenvalue weighted by molar-refractivity contribution is 0.375. The van der Waals surface area contributed by atoms with Crippen LogP contribution in [-0.2, 0) is 19.3 Å². The van der Waals surface area contributed by atoms with E-state index in [1.54, 1.807) is 0 Å². The van der Waals surface area contributed by atoms with E-state index in [1.807, 2.05) is 24.3 Å². The Hall–Kier alpha value is -2.67. The maximum absolute atomic E-state index is 15.2. The number of allylic oxidation sites excluding steroid dienone is 3. The molecule has 1 aliphatic rings. The highest BCUT2D eigenvalue weighted by Crippen LogP contribution is 2.36. The van der Waals surface area contributed by atoms with Gasteiger partial charge in [0, 0.05) is 5.39 Å². The molecule has 0 radical (unpaired) electrons. The molecule has 34 heavy (non-hydrogen) atoms. The molecule has 1 fully saturated rings. The second-order valence-electron chi connectivity index (χ2n) is 9.99. The van der Waals surface area contributed by atoms with Crippen LogP contribution in [0.2, 0.25) is 0 Å². The maximum atomic E-state index is 15.2. The molecule has 0 saturated heterocycles. The van der Waals surface area contributed by atoms with Crippen LogP contribution >= 0.6 is 0 Å². The minimum absolute atomic E-state index is 0.0610. The summed E-state index contributed by atoms with van der Waals surface area (Å²) in [5, 5.41) is 1.72. The standard InChI is InChI=1S/C33H39F/c1-3-5-7-9-25-10-16-28(17-11-25)29-18-12-26(13-19-29)14-20-30-21-22-31-24-27(8-6-4-2)15-23-32(31)33(30)34/h4,7,9,12-13,15,18-19,21-25,28H,2-3,5-6,8,10-11,14,16-17,20H2,1H3/b9-7+. The Balaban J connectivity index is 1.33. The van der Waals surface area contributed by atoms with E-state index in [-0.39, 0.29) is 5.82 Å². The molecule has 3 aromatic rings. The van der Waals surface area contributed by atoms with Gasteiger partial charge >= 0.3 is 0 Å². The molecule has 0 heterocycles. The fraction of sp³-hybridized carbons (Fsp3) is 0.394. The molecule has 0 unspecified atom stereocenters. The van der Waals surface area contributed by atoms with E-state index < -0.39 is 0 Å². The van der Waals surface area contributed by atoms with E-state index in [9.17, 15) is 0 Å². The zero-order valence-electron chi connectivity index (χ0n) is 20.7. The van der Waals surface area contributed by atoms with Gasteiger partial charge in [-0.2, -0.15) is 0 Å². The fourth-order valence-electron chi connectivity index (χ4n) is 5.34. The Morgan fingerprint density at radius 1 is 0.853 bits per heavy atom. The number of hydrogen-bond acceptors (Lipinski definition) is 0. The first-order chi connectivity index (χ1) is 16.7. The Kier molecular flexibility index (Phi) is 8.74. The number of aryl methyl sites for hydroxylation is 3. The third-order valence-electron chi connectivity index (χ3n) is 7.51. The summed E-state index contributed by atoms with van der Waals surface area (Å²) in [6, 6.07) is 19.3. The third-order valence-corrected chi connectivity index (χ3v) is 7.51. The molecule has 0 nitrogen and oxygen atoms in total. The average Bonchev–Trinajstić information content (AvgIpc) is 2.88. The van der Waals surface area contributed by atoms with Gasteiger partial charge in [-0.15, -0.1) is 6.58 Å².